The van der Waals surface area contributed by atoms with Crippen molar-refractivity contribution in [2.75, 3.05) is 0 Å². The second kappa shape index (κ2) is 9.20. The zero-order valence-corrected chi connectivity index (χ0v) is 12.0. The van der Waals surface area contributed by atoms with Crippen molar-refractivity contribution in [3.63, 3.8) is 0 Å². The highest BCUT2D eigenvalue weighted by Gasteiger charge is 2.10. The maximum atomic E-state index is 11.5. The molecule has 0 bridgehead atoms. The van der Waals surface area contributed by atoms with Crippen molar-refractivity contribution in [1.29, 1.82) is 0 Å². The van der Waals surface area contributed by atoms with Crippen LogP contribution >= 0.6 is 0 Å². The number of nitrogens with one attached hydrogen (secondary N) is 1. The van der Waals surface area contributed by atoms with Gasteiger partial charge in [0.05, 0.1) is 0 Å². The Balaban J connectivity index is 3.98. The molecule has 1 N–H and O–H groups in total. The van der Waals surface area contributed by atoms with E-state index < -0.39 is 0 Å². The number of hydrazone groups is 1. The Hall–Kier alpha value is -0.860. The Morgan fingerprint density at radius 3 is 2.12 bits per heavy atom. The normalized spacial score (nSPS) is 10.8. The number of hydrogen-bond acceptors (Lipinski definition) is 2. The highest BCUT2D eigenvalue weighted by Crippen LogP contribution is 2.07. The monoisotopic (exact) mass is 240 g/mol. The number of unbranched alkanes of at least 4 members (excludes halogenated alkanes) is 3. The Bertz CT molecular complexity index is 235. The first-order valence-corrected chi connectivity index (χ1v) is 6.85. The maximum Gasteiger partial charge on any atom is 0.240 e. The third kappa shape index (κ3) is 7.94. The number of carbonyl (C=O) groups is 1. The molecule has 0 aromatic rings. The van der Waals surface area contributed by atoms with Crippen LogP contribution in [-0.4, -0.2) is 11.6 Å². The quantitative estimate of drug-likeness (QED) is 0.392. The third-order valence-corrected chi connectivity index (χ3v) is 2.75. The molecule has 0 heterocycles. The average molecular weight is 240 g/mol. The predicted octanol–water partition coefficient (Wildman–Crippen LogP) is 3.74. The predicted molar refractivity (Wildman–Crippen MR) is 74.0 cm³/mol. The molecule has 0 rings (SSSR count). The van der Waals surface area contributed by atoms with E-state index in [-0.39, 0.29) is 5.91 Å². The minimum atomic E-state index is 0.0416. The first kappa shape index (κ1) is 16.1. The second-order valence-electron chi connectivity index (χ2n) is 5.19. The lowest BCUT2D eigenvalue weighted by molar-refractivity contribution is -0.121. The molecule has 0 saturated carbocycles. The molecule has 17 heavy (non-hydrogen) atoms. The SMILES string of the molecule is CCCCCCC(=O)NN=C(C(C)C)C(C)C. The molecule has 3 nitrogen and oxygen atoms in total. The Morgan fingerprint density at radius 2 is 1.65 bits per heavy atom. The molecule has 0 aromatic carbocycles. The molecule has 0 fully saturated rings. The van der Waals surface area contributed by atoms with Gasteiger partial charge in [-0.2, -0.15) is 5.10 Å². The van der Waals surface area contributed by atoms with Crippen LogP contribution in [0.3, 0.4) is 0 Å². The molecule has 3 heteroatoms. The van der Waals surface area contributed by atoms with E-state index >= 15 is 0 Å². The summed E-state index contributed by atoms with van der Waals surface area (Å²) in [6.07, 6.45) is 5.10. The zero-order valence-electron chi connectivity index (χ0n) is 12.0. The molecule has 0 spiro atoms. The first-order valence-electron chi connectivity index (χ1n) is 6.85. The van der Waals surface area contributed by atoms with Crippen molar-refractivity contribution in [1.82, 2.24) is 5.43 Å². The van der Waals surface area contributed by atoms with Crippen molar-refractivity contribution in [2.45, 2.75) is 66.7 Å². The summed E-state index contributed by atoms with van der Waals surface area (Å²) < 4.78 is 0. The lowest BCUT2D eigenvalue weighted by atomic mass is 9.98. The summed E-state index contributed by atoms with van der Waals surface area (Å²) in [4.78, 5) is 11.5. The van der Waals surface area contributed by atoms with E-state index in [1.165, 1.54) is 12.8 Å². The zero-order chi connectivity index (χ0) is 13.3. The summed E-state index contributed by atoms with van der Waals surface area (Å²) in [5, 5.41) is 4.24. The van der Waals surface area contributed by atoms with Gasteiger partial charge in [-0.05, 0) is 18.3 Å². The average Bonchev–Trinajstić information content (AvgIpc) is 2.23. The number of hydrogen-bond donors (Lipinski definition) is 1. The standard InChI is InChI=1S/C14H28N2O/c1-6-7-8-9-10-13(17)15-16-14(11(2)3)12(4)5/h11-12H,6-10H2,1-5H3,(H,15,17). The van der Waals surface area contributed by atoms with Gasteiger partial charge < -0.3 is 0 Å². The minimum Gasteiger partial charge on any atom is -0.273 e. The third-order valence-electron chi connectivity index (χ3n) is 2.75. The fraction of sp³-hybridized carbons (Fsp3) is 0.857. The minimum absolute atomic E-state index is 0.0416. The van der Waals surface area contributed by atoms with Gasteiger partial charge in [-0.25, -0.2) is 5.43 Å². The molecule has 0 aliphatic carbocycles. The lowest BCUT2D eigenvalue weighted by Crippen LogP contribution is -2.24. The Kier molecular flexibility index (Phi) is 8.73. The van der Waals surface area contributed by atoms with Crippen LogP contribution in [0.1, 0.15) is 66.7 Å². The van der Waals surface area contributed by atoms with Crippen LogP contribution in [0.25, 0.3) is 0 Å². The van der Waals surface area contributed by atoms with Gasteiger partial charge in [0.25, 0.3) is 0 Å². The molecule has 1 amide bonds. The molecular weight excluding hydrogens is 212 g/mol. The maximum absolute atomic E-state index is 11.5. The molecule has 0 aliphatic heterocycles. The molecule has 100 valence electrons. The van der Waals surface area contributed by atoms with E-state index in [0.29, 0.717) is 18.3 Å². The summed E-state index contributed by atoms with van der Waals surface area (Å²) in [5.74, 6) is 0.811. The molecule has 0 aromatic heterocycles. The topological polar surface area (TPSA) is 41.5 Å². The van der Waals surface area contributed by atoms with Crippen LogP contribution in [0.4, 0.5) is 0 Å². The lowest BCUT2D eigenvalue weighted by Gasteiger charge is -2.13. The van der Waals surface area contributed by atoms with Gasteiger partial charge in [0.15, 0.2) is 0 Å². The van der Waals surface area contributed by atoms with Gasteiger partial charge in [-0.1, -0.05) is 53.9 Å². The molecule has 0 saturated heterocycles. The fourth-order valence-electron chi connectivity index (χ4n) is 1.82. The largest absolute Gasteiger partial charge is 0.273 e. The van der Waals surface area contributed by atoms with E-state index in [1.54, 1.807) is 0 Å². The van der Waals surface area contributed by atoms with Gasteiger partial charge >= 0.3 is 0 Å². The van der Waals surface area contributed by atoms with E-state index in [0.717, 1.165) is 18.6 Å². The molecule has 0 unspecified atom stereocenters. The summed E-state index contributed by atoms with van der Waals surface area (Å²) in [6.45, 7) is 10.6. The summed E-state index contributed by atoms with van der Waals surface area (Å²) >= 11 is 0. The van der Waals surface area contributed by atoms with Gasteiger partial charge in [-0.3, -0.25) is 4.79 Å². The number of carbonyl (C=O) groups excluding carboxylic acids is 1. The van der Waals surface area contributed by atoms with E-state index in [2.05, 4.69) is 45.1 Å². The number of amides is 1. The van der Waals surface area contributed by atoms with Crippen molar-refractivity contribution in [2.24, 2.45) is 16.9 Å². The first-order chi connectivity index (χ1) is 7.99. The van der Waals surface area contributed by atoms with Crippen molar-refractivity contribution < 1.29 is 4.79 Å². The van der Waals surface area contributed by atoms with Gasteiger partial charge in [-0.15, -0.1) is 0 Å². The fourth-order valence-corrected chi connectivity index (χ4v) is 1.82. The Labute approximate surface area is 106 Å². The summed E-state index contributed by atoms with van der Waals surface area (Å²) in [5.41, 5.74) is 3.73. The van der Waals surface area contributed by atoms with Crippen molar-refractivity contribution in [3.8, 4) is 0 Å². The van der Waals surface area contributed by atoms with Crippen LogP contribution in [0.5, 0.6) is 0 Å². The van der Waals surface area contributed by atoms with Crippen LogP contribution < -0.4 is 5.43 Å². The van der Waals surface area contributed by atoms with E-state index in [1.807, 2.05) is 0 Å². The molecule has 0 atom stereocenters. The smallest absolute Gasteiger partial charge is 0.240 e. The number of nitrogens with zero attached hydrogens (tertiary/aromatic N) is 1. The summed E-state index contributed by atoms with van der Waals surface area (Å²) in [6, 6.07) is 0. The highest BCUT2D eigenvalue weighted by atomic mass is 16.2. The van der Waals surface area contributed by atoms with E-state index in [4.69, 9.17) is 0 Å². The molecular formula is C14H28N2O. The van der Waals surface area contributed by atoms with Gasteiger partial charge in [0.2, 0.25) is 5.91 Å². The molecule has 0 radical (unpaired) electrons. The second-order valence-corrected chi connectivity index (χ2v) is 5.19. The van der Waals surface area contributed by atoms with Crippen molar-refractivity contribution in [3.05, 3.63) is 0 Å². The van der Waals surface area contributed by atoms with Crippen LogP contribution in [0, 0.1) is 11.8 Å². The molecule has 0 aliphatic rings. The van der Waals surface area contributed by atoms with Crippen LogP contribution in [0.2, 0.25) is 0 Å². The van der Waals surface area contributed by atoms with Crippen LogP contribution in [-0.2, 0) is 4.79 Å². The highest BCUT2D eigenvalue weighted by molar-refractivity contribution is 5.89. The van der Waals surface area contributed by atoms with Crippen LogP contribution in [0.15, 0.2) is 5.10 Å². The van der Waals surface area contributed by atoms with Crippen molar-refractivity contribution >= 4 is 11.6 Å². The number of rotatable bonds is 8. The van der Waals surface area contributed by atoms with Gasteiger partial charge in [0.1, 0.15) is 0 Å². The summed E-state index contributed by atoms with van der Waals surface area (Å²) in [7, 11) is 0. The van der Waals surface area contributed by atoms with E-state index in [9.17, 15) is 4.79 Å². The Morgan fingerprint density at radius 1 is 1.06 bits per heavy atom. The van der Waals surface area contributed by atoms with Gasteiger partial charge in [0, 0.05) is 12.1 Å².